The van der Waals surface area contributed by atoms with Gasteiger partial charge in [0.2, 0.25) is 0 Å². The first-order valence-corrected chi connectivity index (χ1v) is 11.0. The van der Waals surface area contributed by atoms with E-state index in [1.165, 1.54) is 57.1 Å². The first kappa shape index (κ1) is 19.9. The Bertz CT molecular complexity index is 589. The van der Waals surface area contributed by atoms with Crippen molar-refractivity contribution in [3.63, 3.8) is 0 Å². The van der Waals surface area contributed by atoms with Gasteiger partial charge in [0.05, 0.1) is 6.67 Å². The summed E-state index contributed by atoms with van der Waals surface area (Å²) in [5.41, 5.74) is 9.54. The highest BCUT2D eigenvalue weighted by atomic mass is 14.9. The van der Waals surface area contributed by atoms with Crippen molar-refractivity contribution in [3.05, 3.63) is 24.3 Å². The Balaban J connectivity index is 1.91. The third-order valence-electron chi connectivity index (χ3n) is 8.67. The van der Waals surface area contributed by atoms with Gasteiger partial charge in [-0.05, 0) is 80.5 Å². The van der Waals surface area contributed by atoms with Crippen molar-refractivity contribution >= 4 is 5.71 Å². The molecule has 3 fully saturated rings. The van der Waals surface area contributed by atoms with E-state index in [1.807, 2.05) is 6.08 Å². The van der Waals surface area contributed by atoms with Crippen molar-refractivity contribution in [3.8, 4) is 0 Å². The molecule has 0 bridgehead atoms. The van der Waals surface area contributed by atoms with Gasteiger partial charge in [-0.2, -0.15) is 0 Å². The van der Waals surface area contributed by atoms with E-state index in [2.05, 4.69) is 45.3 Å². The quantitative estimate of drug-likeness (QED) is 0.591. The van der Waals surface area contributed by atoms with E-state index in [-0.39, 0.29) is 0 Å². The molecule has 0 aromatic heterocycles. The molecular weight excluding hydrogens is 316 g/mol. The fourth-order valence-electron chi connectivity index (χ4n) is 7.55. The highest BCUT2D eigenvalue weighted by Gasteiger charge is 2.58. The molecule has 2 N–H and O–H groups in total. The summed E-state index contributed by atoms with van der Waals surface area (Å²) in [5.74, 6) is 3.27. The van der Waals surface area contributed by atoms with Crippen molar-refractivity contribution in [2.24, 2.45) is 45.2 Å². The highest BCUT2D eigenvalue weighted by Crippen LogP contribution is 2.66. The Labute approximate surface area is 161 Å². The van der Waals surface area contributed by atoms with Crippen LogP contribution in [0.25, 0.3) is 0 Å². The molecule has 0 aromatic rings. The van der Waals surface area contributed by atoms with Crippen LogP contribution in [0.4, 0.5) is 0 Å². The van der Waals surface area contributed by atoms with Gasteiger partial charge < -0.3 is 5.73 Å². The number of nitrogens with zero attached hydrogens (tertiary/aromatic N) is 1. The van der Waals surface area contributed by atoms with E-state index in [0.717, 1.165) is 17.8 Å². The molecule has 0 spiro atoms. The maximum atomic E-state index is 5.73. The van der Waals surface area contributed by atoms with Gasteiger partial charge in [0, 0.05) is 11.6 Å². The van der Waals surface area contributed by atoms with Gasteiger partial charge in [-0.25, -0.2) is 0 Å². The number of fused-ring (bicyclic) bond motifs is 3. The molecule has 2 heteroatoms. The van der Waals surface area contributed by atoms with Crippen molar-refractivity contribution in [1.29, 1.82) is 0 Å². The van der Waals surface area contributed by atoms with Crippen LogP contribution < -0.4 is 5.73 Å². The van der Waals surface area contributed by atoms with Crippen molar-refractivity contribution in [1.82, 2.24) is 0 Å². The standard InChI is InChI=1S/C24H40N2/c1-6-8-18-9-10-19-21-12-11-20(17(3)26-16-25)24(21,5)15-13-22(19)23(18,4)14-7-2/h6,8,19-22H,1,7,9-16,25H2,2-5H3/b18-8-,26-17+. The fourth-order valence-corrected chi connectivity index (χ4v) is 7.55. The summed E-state index contributed by atoms with van der Waals surface area (Å²) in [7, 11) is 0. The fraction of sp³-hybridized carbons (Fsp3) is 0.792. The number of hydrogen-bond acceptors (Lipinski definition) is 2. The van der Waals surface area contributed by atoms with Crippen molar-refractivity contribution in [2.45, 2.75) is 79.1 Å². The van der Waals surface area contributed by atoms with E-state index in [4.69, 9.17) is 5.73 Å². The maximum absolute atomic E-state index is 5.73. The Morgan fingerprint density at radius 3 is 2.65 bits per heavy atom. The zero-order valence-corrected chi connectivity index (χ0v) is 17.6. The number of nitrogens with two attached hydrogens (primary N) is 1. The average molecular weight is 357 g/mol. The van der Waals surface area contributed by atoms with E-state index >= 15 is 0 Å². The summed E-state index contributed by atoms with van der Waals surface area (Å²) in [6.07, 6.45) is 15.1. The van der Waals surface area contributed by atoms with Gasteiger partial charge in [0.25, 0.3) is 0 Å². The molecule has 146 valence electrons. The van der Waals surface area contributed by atoms with Gasteiger partial charge in [-0.1, -0.05) is 51.5 Å². The van der Waals surface area contributed by atoms with E-state index in [1.54, 1.807) is 5.57 Å². The normalized spacial score (nSPS) is 44.7. The first-order valence-electron chi connectivity index (χ1n) is 11.0. The smallest absolute Gasteiger partial charge is 0.0858 e. The number of rotatable bonds is 5. The van der Waals surface area contributed by atoms with Crippen LogP contribution in [0.5, 0.6) is 0 Å². The molecule has 3 saturated carbocycles. The molecule has 0 aromatic carbocycles. The van der Waals surface area contributed by atoms with Crippen LogP contribution in [0.15, 0.2) is 29.3 Å². The summed E-state index contributed by atoms with van der Waals surface area (Å²) in [6, 6.07) is 0. The lowest BCUT2D eigenvalue weighted by Crippen LogP contribution is -2.50. The Morgan fingerprint density at radius 2 is 2.00 bits per heavy atom. The zero-order chi connectivity index (χ0) is 18.9. The Kier molecular flexibility index (Phi) is 5.82. The minimum atomic E-state index is 0.381. The molecule has 0 radical (unpaired) electrons. The molecule has 3 aliphatic rings. The molecule has 26 heavy (non-hydrogen) atoms. The lowest BCUT2D eigenvalue weighted by atomic mass is 9.47. The topological polar surface area (TPSA) is 38.4 Å². The molecule has 2 nitrogen and oxygen atoms in total. The lowest BCUT2D eigenvalue weighted by Gasteiger charge is -2.57. The van der Waals surface area contributed by atoms with Gasteiger partial charge in [-0.15, -0.1) is 0 Å². The van der Waals surface area contributed by atoms with Crippen LogP contribution in [0.1, 0.15) is 79.1 Å². The maximum Gasteiger partial charge on any atom is 0.0858 e. The monoisotopic (exact) mass is 356 g/mol. The van der Waals surface area contributed by atoms with Crippen molar-refractivity contribution < 1.29 is 0 Å². The third kappa shape index (κ3) is 3.03. The minimum absolute atomic E-state index is 0.381. The average Bonchev–Trinajstić information content (AvgIpc) is 2.95. The van der Waals surface area contributed by atoms with Crippen LogP contribution in [-0.2, 0) is 0 Å². The van der Waals surface area contributed by atoms with Crippen LogP contribution in [-0.4, -0.2) is 12.4 Å². The Morgan fingerprint density at radius 1 is 1.23 bits per heavy atom. The summed E-state index contributed by atoms with van der Waals surface area (Å²) >= 11 is 0. The SMILES string of the molecule is C=C/C=C1/CCC2C(CCC3(C)C(/C(C)=N/CN)CCC23)C1(C)CCC. The highest BCUT2D eigenvalue weighted by molar-refractivity contribution is 5.85. The largest absolute Gasteiger partial charge is 0.312 e. The minimum Gasteiger partial charge on any atom is -0.312 e. The number of aliphatic imine (C=N–C) groups is 1. The third-order valence-corrected chi connectivity index (χ3v) is 8.67. The molecule has 3 rings (SSSR count). The van der Waals surface area contributed by atoms with Gasteiger partial charge in [-0.3, -0.25) is 4.99 Å². The summed E-state index contributed by atoms with van der Waals surface area (Å²) in [4.78, 5) is 4.62. The van der Waals surface area contributed by atoms with E-state index in [9.17, 15) is 0 Å². The first-order chi connectivity index (χ1) is 12.4. The molecule has 6 atom stereocenters. The van der Waals surface area contributed by atoms with Gasteiger partial charge >= 0.3 is 0 Å². The van der Waals surface area contributed by atoms with Crippen LogP contribution in [0.3, 0.4) is 0 Å². The molecule has 0 saturated heterocycles. The molecule has 0 heterocycles. The summed E-state index contributed by atoms with van der Waals surface area (Å²) in [5, 5.41) is 0. The van der Waals surface area contributed by atoms with Crippen molar-refractivity contribution in [2.75, 3.05) is 6.67 Å². The van der Waals surface area contributed by atoms with Crippen LogP contribution in [0, 0.1) is 34.5 Å². The van der Waals surface area contributed by atoms with E-state index < -0.39 is 0 Å². The zero-order valence-electron chi connectivity index (χ0n) is 17.6. The Hall–Kier alpha value is -0.890. The second kappa shape index (κ2) is 7.62. The molecular formula is C24H40N2. The van der Waals surface area contributed by atoms with E-state index in [0.29, 0.717) is 23.4 Å². The number of hydrogen-bond donors (Lipinski definition) is 1. The number of allylic oxidation sites excluding steroid dienone is 3. The van der Waals surface area contributed by atoms with Gasteiger partial charge in [0.1, 0.15) is 0 Å². The summed E-state index contributed by atoms with van der Waals surface area (Å²) < 4.78 is 0. The van der Waals surface area contributed by atoms with Crippen LogP contribution >= 0.6 is 0 Å². The second-order valence-corrected chi connectivity index (χ2v) is 9.67. The predicted molar refractivity (Wildman–Crippen MR) is 113 cm³/mol. The summed E-state index contributed by atoms with van der Waals surface area (Å²) in [6.45, 7) is 14.2. The molecule has 0 aliphatic heterocycles. The molecule has 6 unspecified atom stereocenters. The molecule has 0 amide bonds. The predicted octanol–water partition coefficient (Wildman–Crippen LogP) is 6.13. The van der Waals surface area contributed by atoms with Crippen LogP contribution in [0.2, 0.25) is 0 Å². The molecule has 3 aliphatic carbocycles. The second-order valence-electron chi connectivity index (χ2n) is 9.67. The lowest BCUT2D eigenvalue weighted by molar-refractivity contribution is -0.0408. The van der Waals surface area contributed by atoms with Gasteiger partial charge in [0.15, 0.2) is 0 Å².